The van der Waals surface area contributed by atoms with E-state index < -0.39 is 5.54 Å². The minimum Gasteiger partial charge on any atom is -0.342 e. The van der Waals surface area contributed by atoms with Crippen molar-refractivity contribution in [3.63, 3.8) is 0 Å². The lowest BCUT2D eigenvalue weighted by Gasteiger charge is -2.23. The normalized spacial score (nSPS) is 22.9. The van der Waals surface area contributed by atoms with E-state index >= 15 is 0 Å². The molecule has 0 N–H and O–H groups in total. The van der Waals surface area contributed by atoms with Crippen molar-refractivity contribution in [3.05, 3.63) is 42.4 Å². The van der Waals surface area contributed by atoms with Crippen LogP contribution >= 0.6 is 0 Å². The van der Waals surface area contributed by atoms with E-state index in [0.717, 1.165) is 67.2 Å². The van der Waals surface area contributed by atoms with Gasteiger partial charge in [0.25, 0.3) is 5.91 Å². The van der Waals surface area contributed by atoms with Crippen molar-refractivity contribution < 1.29 is 9.59 Å². The third-order valence-corrected chi connectivity index (χ3v) is 7.82. The summed E-state index contributed by atoms with van der Waals surface area (Å²) in [6.45, 7) is 2.11. The number of aliphatic imine (C=N–C) groups is 1. The quantitative estimate of drug-likeness (QED) is 0.572. The van der Waals surface area contributed by atoms with Gasteiger partial charge < -0.3 is 4.90 Å². The van der Waals surface area contributed by atoms with Crippen LogP contribution in [0.3, 0.4) is 0 Å². The molecule has 2 aliphatic heterocycles. The molecule has 2 aliphatic carbocycles. The molecule has 35 heavy (non-hydrogen) atoms. The number of aromatic nitrogens is 4. The summed E-state index contributed by atoms with van der Waals surface area (Å²) >= 11 is 0. The molecule has 4 aliphatic rings. The molecule has 1 atom stereocenters. The van der Waals surface area contributed by atoms with E-state index in [1.165, 1.54) is 0 Å². The smallest absolute Gasteiger partial charge is 0.256 e. The average molecular weight is 470 g/mol. The molecular formula is C26H27N7O2. The molecule has 3 aromatic rings. The third kappa shape index (κ3) is 3.44. The van der Waals surface area contributed by atoms with E-state index in [0.29, 0.717) is 24.1 Å². The van der Waals surface area contributed by atoms with Gasteiger partial charge in [-0.3, -0.25) is 24.2 Å². The van der Waals surface area contributed by atoms with E-state index in [2.05, 4.69) is 15.1 Å². The molecule has 9 nitrogen and oxygen atoms in total. The Labute approximate surface area is 202 Å². The molecular weight excluding hydrogens is 442 g/mol. The third-order valence-electron chi connectivity index (χ3n) is 7.82. The maximum Gasteiger partial charge on any atom is 0.256 e. The molecule has 1 unspecified atom stereocenters. The molecule has 2 amide bonds. The Kier molecular flexibility index (Phi) is 4.40. The van der Waals surface area contributed by atoms with Crippen LogP contribution in [0.25, 0.3) is 22.3 Å². The van der Waals surface area contributed by atoms with Crippen LogP contribution in [-0.4, -0.2) is 72.4 Å². The molecule has 4 heterocycles. The lowest BCUT2D eigenvalue weighted by Crippen LogP contribution is -2.41. The lowest BCUT2D eigenvalue weighted by atomic mass is 10.1. The second-order valence-electron chi connectivity index (χ2n) is 10.4. The molecule has 2 saturated carbocycles. The predicted molar refractivity (Wildman–Crippen MR) is 129 cm³/mol. The van der Waals surface area contributed by atoms with Crippen molar-refractivity contribution in [1.29, 1.82) is 0 Å². The van der Waals surface area contributed by atoms with E-state index in [9.17, 15) is 9.59 Å². The van der Waals surface area contributed by atoms with Crippen molar-refractivity contribution in [1.82, 2.24) is 29.5 Å². The number of benzene rings is 1. The Bertz CT molecular complexity index is 1380. The summed E-state index contributed by atoms with van der Waals surface area (Å²) in [6, 6.07) is 6.05. The van der Waals surface area contributed by atoms with E-state index in [4.69, 9.17) is 4.99 Å². The number of amides is 2. The van der Waals surface area contributed by atoms with Gasteiger partial charge in [0.1, 0.15) is 11.4 Å². The largest absolute Gasteiger partial charge is 0.342 e. The predicted octanol–water partition coefficient (Wildman–Crippen LogP) is 2.41. The van der Waals surface area contributed by atoms with Crippen LogP contribution in [0.4, 0.5) is 0 Å². The van der Waals surface area contributed by atoms with Crippen molar-refractivity contribution in [3.8, 4) is 11.4 Å². The van der Waals surface area contributed by atoms with Gasteiger partial charge in [-0.25, -0.2) is 9.97 Å². The molecule has 9 heteroatoms. The summed E-state index contributed by atoms with van der Waals surface area (Å²) in [7, 11) is 1.92. The van der Waals surface area contributed by atoms with E-state index in [1.54, 1.807) is 12.4 Å². The van der Waals surface area contributed by atoms with Crippen LogP contribution in [0.5, 0.6) is 0 Å². The van der Waals surface area contributed by atoms with Gasteiger partial charge in [-0.05, 0) is 56.2 Å². The number of rotatable bonds is 5. The first-order valence-electron chi connectivity index (χ1n) is 12.5. The molecule has 1 aromatic carbocycles. The fraction of sp³-hybridized carbons (Fsp3) is 0.462. The maximum absolute atomic E-state index is 13.3. The van der Waals surface area contributed by atoms with Crippen LogP contribution in [-0.2, 0) is 16.6 Å². The van der Waals surface area contributed by atoms with Gasteiger partial charge in [-0.1, -0.05) is 0 Å². The highest BCUT2D eigenvalue weighted by atomic mass is 16.2. The summed E-state index contributed by atoms with van der Waals surface area (Å²) in [6.07, 6.45) is 9.95. The fourth-order valence-electron chi connectivity index (χ4n) is 5.42. The van der Waals surface area contributed by atoms with Crippen LogP contribution in [0.2, 0.25) is 0 Å². The first-order chi connectivity index (χ1) is 17.0. The number of likely N-dealkylation sites (tertiary alicyclic amines) is 1. The molecule has 0 radical (unpaired) electrons. The maximum atomic E-state index is 13.3. The van der Waals surface area contributed by atoms with Crippen molar-refractivity contribution in [2.45, 2.75) is 37.6 Å². The standard InChI is InChI=1S/C26H27N7O2/c1-31-21-5-4-18(10-19(21)13-29-31)22-27-11-20(12-28-22)23-30-26(7-8-26)25(35)33(23)15-16-6-9-32(14-16)24(34)17-2-3-17/h4-5,10-13,16-17H,2-3,6-9,14-15H2,1H3. The number of carbonyl (C=O) groups excluding carboxylic acids is 2. The molecule has 178 valence electrons. The van der Waals surface area contributed by atoms with Crippen molar-refractivity contribution in [2.24, 2.45) is 23.9 Å². The summed E-state index contributed by atoms with van der Waals surface area (Å²) in [5, 5.41) is 5.34. The number of amidine groups is 1. The van der Waals surface area contributed by atoms with E-state index in [1.807, 2.05) is 45.9 Å². The minimum atomic E-state index is -0.582. The summed E-state index contributed by atoms with van der Waals surface area (Å²) in [5.74, 6) is 2.19. The van der Waals surface area contributed by atoms with Crippen LogP contribution in [0.1, 0.15) is 37.7 Å². The van der Waals surface area contributed by atoms with E-state index in [-0.39, 0.29) is 17.7 Å². The first-order valence-corrected chi connectivity index (χ1v) is 12.5. The lowest BCUT2D eigenvalue weighted by molar-refractivity contribution is -0.131. The zero-order valence-electron chi connectivity index (χ0n) is 19.7. The Morgan fingerprint density at radius 1 is 1.09 bits per heavy atom. The number of aryl methyl sites for hydroxylation is 1. The van der Waals surface area contributed by atoms with Gasteiger partial charge in [0.2, 0.25) is 5.91 Å². The molecule has 7 rings (SSSR count). The summed E-state index contributed by atoms with van der Waals surface area (Å²) in [5.41, 5.74) is 2.15. The van der Waals surface area contributed by atoms with Crippen molar-refractivity contribution in [2.75, 3.05) is 19.6 Å². The molecule has 3 fully saturated rings. The van der Waals surface area contributed by atoms with Gasteiger partial charge in [-0.2, -0.15) is 5.10 Å². The highest BCUT2D eigenvalue weighted by Gasteiger charge is 2.57. The molecule has 1 spiro atoms. The minimum absolute atomic E-state index is 0.0885. The average Bonchev–Trinajstić information content (AvgIpc) is 3.78. The van der Waals surface area contributed by atoms with Crippen molar-refractivity contribution >= 4 is 28.6 Å². The number of carbonyl (C=O) groups is 2. The van der Waals surface area contributed by atoms with Gasteiger partial charge in [0.15, 0.2) is 5.82 Å². The second kappa shape index (κ2) is 7.44. The molecule has 0 bridgehead atoms. The number of nitrogens with zero attached hydrogens (tertiary/aromatic N) is 7. The Hall–Kier alpha value is -3.62. The Morgan fingerprint density at radius 3 is 2.63 bits per heavy atom. The summed E-state index contributed by atoms with van der Waals surface area (Å²) < 4.78 is 1.84. The van der Waals surface area contributed by atoms with Gasteiger partial charge in [-0.15, -0.1) is 0 Å². The number of fused-ring (bicyclic) bond motifs is 1. The van der Waals surface area contributed by atoms with Crippen LogP contribution < -0.4 is 0 Å². The first kappa shape index (κ1) is 20.7. The second-order valence-corrected chi connectivity index (χ2v) is 10.4. The number of hydrogen-bond donors (Lipinski definition) is 0. The molecule has 1 saturated heterocycles. The monoisotopic (exact) mass is 469 g/mol. The van der Waals surface area contributed by atoms with Gasteiger partial charge in [0.05, 0.1) is 17.3 Å². The highest BCUT2D eigenvalue weighted by Crippen LogP contribution is 2.46. The summed E-state index contributed by atoms with van der Waals surface area (Å²) in [4.78, 5) is 43.7. The zero-order chi connectivity index (χ0) is 23.7. The topological polar surface area (TPSA) is 96.6 Å². The Balaban J connectivity index is 1.12. The van der Waals surface area contributed by atoms with Gasteiger partial charge in [0, 0.05) is 55.9 Å². The Morgan fingerprint density at radius 2 is 1.89 bits per heavy atom. The fourth-order valence-corrected chi connectivity index (χ4v) is 5.42. The number of hydrogen-bond acceptors (Lipinski definition) is 6. The SMILES string of the molecule is Cn1ncc2cc(-c3ncc(C4=NC5(CC5)C(=O)N4CC4CCN(C(=O)C5CC5)C4)cn3)ccc21. The van der Waals surface area contributed by atoms with Crippen LogP contribution in [0, 0.1) is 11.8 Å². The van der Waals surface area contributed by atoms with Crippen LogP contribution in [0.15, 0.2) is 41.8 Å². The zero-order valence-corrected chi connectivity index (χ0v) is 19.7. The molecule has 2 aromatic heterocycles. The van der Waals surface area contributed by atoms with Gasteiger partial charge >= 0.3 is 0 Å². The highest BCUT2D eigenvalue weighted by molar-refractivity contribution is 6.16.